The average molecular weight is 243 g/mol. The molecule has 0 aliphatic rings. The summed E-state index contributed by atoms with van der Waals surface area (Å²) in [7, 11) is 0. The number of hydrogen-bond acceptors (Lipinski definition) is 1. The van der Waals surface area contributed by atoms with Crippen molar-refractivity contribution in [3.63, 3.8) is 0 Å². The Morgan fingerprint density at radius 3 is 2.17 bits per heavy atom. The Balaban J connectivity index is 2.94. The molecule has 1 aromatic rings. The summed E-state index contributed by atoms with van der Waals surface area (Å²) in [5, 5.41) is 0. The number of hydrogen-bond donors (Lipinski definition) is 0. The summed E-state index contributed by atoms with van der Waals surface area (Å²) < 4.78 is -0.0936. The van der Waals surface area contributed by atoms with Crippen LogP contribution in [-0.4, -0.2) is 9.19 Å². The molecule has 0 aliphatic heterocycles. The van der Waals surface area contributed by atoms with E-state index in [0.717, 1.165) is 10.4 Å². The predicted molar refractivity (Wildman–Crippen MR) is 61.1 cm³/mol. The standard InChI is InChI=1S/C10H11BrS/c1-10(2,11)9(12)8-6-4-3-5-7-8/h3-7H,1-2H3. The van der Waals surface area contributed by atoms with E-state index in [1.54, 1.807) is 0 Å². The van der Waals surface area contributed by atoms with Crippen LogP contribution in [0.3, 0.4) is 0 Å². The van der Waals surface area contributed by atoms with Gasteiger partial charge in [0.1, 0.15) is 0 Å². The zero-order chi connectivity index (χ0) is 9.19. The molecular formula is C10H11BrS. The molecule has 0 heterocycles. The van der Waals surface area contributed by atoms with Gasteiger partial charge in [0.2, 0.25) is 0 Å². The Morgan fingerprint density at radius 1 is 1.25 bits per heavy atom. The molecule has 0 N–H and O–H groups in total. The van der Waals surface area contributed by atoms with Crippen LogP contribution in [0.15, 0.2) is 30.3 Å². The lowest BCUT2D eigenvalue weighted by Crippen LogP contribution is -2.22. The first-order valence-corrected chi connectivity index (χ1v) is 5.01. The van der Waals surface area contributed by atoms with Crippen molar-refractivity contribution in [3.8, 4) is 0 Å². The van der Waals surface area contributed by atoms with Gasteiger partial charge in [-0.2, -0.15) is 0 Å². The minimum Gasteiger partial charge on any atom is -0.0827 e. The number of benzene rings is 1. The molecule has 0 saturated heterocycles. The topological polar surface area (TPSA) is 0 Å². The van der Waals surface area contributed by atoms with Crippen molar-refractivity contribution in [1.29, 1.82) is 0 Å². The molecule has 0 bridgehead atoms. The second-order valence-corrected chi connectivity index (χ2v) is 5.56. The first kappa shape index (κ1) is 9.87. The van der Waals surface area contributed by atoms with Gasteiger partial charge in [0.25, 0.3) is 0 Å². The van der Waals surface area contributed by atoms with E-state index in [9.17, 15) is 0 Å². The molecule has 0 saturated carbocycles. The maximum absolute atomic E-state index is 5.31. The van der Waals surface area contributed by atoms with Crippen LogP contribution in [0.1, 0.15) is 19.4 Å². The molecule has 0 fully saturated rings. The zero-order valence-electron chi connectivity index (χ0n) is 7.17. The van der Waals surface area contributed by atoms with E-state index in [2.05, 4.69) is 29.8 Å². The van der Waals surface area contributed by atoms with Crippen LogP contribution in [0.2, 0.25) is 0 Å². The van der Waals surface area contributed by atoms with Crippen LogP contribution in [0.5, 0.6) is 0 Å². The van der Waals surface area contributed by atoms with Crippen molar-refractivity contribution in [2.75, 3.05) is 0 Å². The summed E-state index contributed by atoms with van der Waals surface area (Å²) in [5.41, 5.74) is 1.12. The lowest BCUT2D eigenvalue weighted by molar-refractivity contribution is 0.991. The molecule has 0 unspecified atom stereocenters. The molecule has 0 nitrogen and oxygen atoms in total. The van der Waals surface area contributed by atoms with E-state index in [0.29, 0.717) is 0 Å². The molecular weight excluding hydrogens is 232 g/mol. The van der Waals surface area contributed by atoms with Gasteiger partial charge in [0.05, 0.1) is 4.32 Å². The van der Waals surface area contributed by atoms with Crippen LogP contribution in [0, 0.1) is 0 Å². The minimum atomic E-state index is -0.0936. The predicted octanol–water partition coefficient (Wildman–Crippen LogP) is 3.58. The average Bonchev–Trinajstić information content (AvgIpc) is 2.03. The number of halogens is 1. The second-order valence-electron chi connectivity index (χ2n) is 3.17. The van der Waals surface area contributed by atoms with Gasteiger partial charge in [-0.1, -0.05) is 58.5 Å². The molecule has 64 valence electrons. The molecule has 1 rings (SSSR count). The van der Waals surface area contributed by atoms with E-state index in [4.69, 9.17) is 12.2 Å². The Bertz CT molecular complexity index is 272. The van der Waals surface area contributed by atoms with E-state index >= 15 is 0 Å². The molecule has 0 aliphatic carbocycles. The molecule has 2 heteroatoms. The van der Waals surface area contributed by atoms with Gasteiger partial charge in [-0.25, -0.2) is 0 Å². The summed E-state index contributed by atoms with van der Waals surface area (Å²) in [6.45, 7) is 4.12. The van der Waals surface area contributed by atoms with Crippen LogP contribution in [-0.2, 0) is 0 Å². The Morgan fingerprint density at radius 2 is 1.75 bits per heavy atom. The van der Waals surface area contributed by atoms with Crippen LogP contribution in [0.4, 0.5) is 0 Å². The van der Waals surface area contributed by atoms with Crippen molar-refractivity contribution in [2.24, 2.45) is 0 Å². The first-order chi connectivity index (χ1) is 5.52. The molecule has 1 aromatic carbocycles. The van der Waals surface area contributed by atoms with Gasteiger partial charge in [-0.3, -0.25) is 0 Å². The van der Waals surface area contributed by atoms with E-state index in [-0.39, 0.29) is 4.32 Å². The van der Waals surface area contributed by atoms with Gasteiger partial charge < -0.3 is 0 Å². The van der Waals surface area contributed by atoms with Crippen molar-refractivity contribution >= 4 is 33.0 Å². The van der Waals surface area contributed by atoms with E-state index in [1.165, 1.54) is 0 Å². The molecule has 12 heavy (non-hydrogen) atoms. The number of rotatable bonds is 2. The largest absolute Gasteiger partial charge is 0.0827 e. The highest BCUT2D eigenvalue weighted by Crippen LogP contribution is 2.22. The second kappa shape index (κ2) is 3.67. The quantitative estimate of drug-likeness (QED) is 0.434. The van der Waals surface area contributed by atoms with Crippen molar-refractivity contribution < 1.29 is 0 Å². The van der Waals surface area contributed by atoms with E-state index < -0.39 is 0 Å². The maximum atomic E-state index is 5.31. The van der Waals surface area contributed by atoms with E-state index in [1.807, 2.05) is 30.3 Å². The highest BCUT2D eigenvalue weighted by Gasteiger charge is 2.19. The lowest BCUT2D eigenvalue weighted by Gasteiger charge is -2.17. The normalized spacial score (nSPS) is 11.2. The fourth-order valence-electron chi connectivity index (χ4n) is 0.933. The maximum Gasteiger partial charge on any atom is 0.0557 e. The number of alkyl halides is 1. The van der Waals surface area contributed by atoms with Crippen LogP contribution >= 0.6 is 28.1 Å². The first-order valence-electron chi connectivity index (χ1n) is 3.80. The molecule has 0 atom stereocenters. The van der Waals surface area contributed by atoms with Crippen LogP contribution in [0.25, 0.3) is 0 Å². The molecule has 0 spiro atoms. The van der Waals surface area contributed by atoms with Crippen molar-refractivity contribution in [2.45, 2.75) is 18.2 Å². The molecule has 0 aromatic heterocycles. The van der Waals surface area contributed by atoms with Crippen molar-refractivity contribution in [3.05, 3.63) is 35.9 Å². The summed E-state index contributed by atoms with van der Waals surface area (Å²) in [4.78, 5) is 0.947. The van der Waals surface area contributed by atoms with Gasteiger partial charge in [0, 0.05) is 4.86 Å². The fourth-order valence-corrected chi connectivity index (χ4v) is 1.30. The summed E-state index contributed by atoms with van der Waals surface area (Å²) >= 11 is 8.85. The van der Waals surface area contributed by atoms with Gasteiger partial charge in [-0.05, 0) is 19.4 Å². The Labute approximate surface area is 87.1 Å². The van der Waals surface area contributed by atoms with Gasteiger partial charge in [0.15, 0.2) is 0 Å². The molecule has 0 radical (unpaired) electrons. The summed E-state index contributed by atoms with van der Waals surface area (Å²) in [6, 6.07) is 10.1. The highest BCUT2D eigenvalue weighted by atomic mass is 79.9. The Kier molecular flexibility index (Phi) is 3.02. The highest BCUT2D eigenvalue weighted by molar-refractivity contribution is 9.10. The van der Waals surface area contributed by atoms with Crippen LogP contribution < -0.4 is 0 Å². The monoisotopic (exact) mass is 242 g/mol. The zero-order valence-corrected chi connectivity index (χ0v) is 9.58. The Hall–Kier alpha value is -0.210. The summed E-state index contributed by atoms with van der Waals surface area (Å²) in [6.07, 6.45) is 0. The minimum absolute atomic E-state index is 0.0936. The smallest absolute Gasteiger partial charge is 0.0557 e. The third kappa shape index (κ3) is 2.39. The van der Waals surface area contributed by atoms with Gasteiger partial charge in [-0.15, -0.1) is 0 Å². The third-order valence-corrected chi connectivity index (χ3v) is 2.98. The summed E-state index contributed by atoms with van der Waals surface area (Å²) in [5.74, 6) is 0. The third-order valence-electron chi connectivity index (χ3n) is 1.58. The van der Waals surface area contributed by atoms with Gasteiger partial charge >= 0.3 is 0 Å². The SMILES string of the molecule is CC(C)(Br)C(=S)c1ccccc1. The lowest BCUT2D eigenvalue weighted by atomic mass is 10.0. The van der Waals surface area contributed by atoms with Crippen molar-refractivity contribution in [1.82, 2.24) is 0 Å². The number of thiocarbonyl (C=S) groups is 1. The fraction of sp³-hybridized carbons (Fsp3) is 0.300. The molecule has 0 amide bonds.